The first-order valence-electron chi connectivity index (χ1n) is 6.42. The smallest absolute Gasteiger partial charge is 0.339 e. The van der Waals surface area contributed by atoms with E-state index in [0.29, 0.717) is 22.8 Å². The number of aryl methyl sites for hydroxylation is 1. The van der Waals surface area contributed by atoms with E-state index in [1.165, 1.54) is 7.11 Å². The van der Waals surface area contributed by atoms with Crippen LogP contribution in [0.4, 0.5) is 5.69 Å². The Morgan fingerprint density at radius 2 is 2.10 bits per heavy atom. The molecule has 0 unspecified atom stereocenters. The highest BCUT2D eigenvalue weighted by molar-refractivity contribution is 6.31. The standard InChI is InChI=1S/C16H16ClNO3/c1-10-4-3-5-11(15(10)19)9-18-14-8-12(17)6-7-13(14)16(20)21-2/h3-8,18-19H,9H2,1-2H3. The van der Waals surface area contributed by atoms with Gasteiger partial charge < -0.3 is 15.2 Å². The first-order valence-corrected chi connectivity index (χ1v) is 6.80. The Morgan fingerprint density at radius 1 is 1.33 bits per heavy atom. The third-order valence-electron chi connectivity index (χ3n) is 3.18. The third-order valence-corrected chi connectivity index (χ3v) is 3.41. The molecule has 2 rings (SSSR count). The van der Waals surface area contributed by atoms with Gasteiger partial charge in [-0.2, -0.15) is 0 Å². The summed E-state index contributed by atoms with van der Waals surface area (Å²) in [7, 11) is 1.33. The van der Waals surface area contributed by atoms with E-state index >= 15 is 0 Å². The Balaban J connectivity index is 2.25. The van der Waals surface area contributed by atoms with E-state index < -0.39 is 5.97 Å². The average Bonchev–Trinajstić information content (AvgIpc) is 2.48. The number of nitrogens with one attached hydrogen (secondary N) is 1. The van der Waals surface area contributed by atoms with E-state index in [9.17, 15) is 9.90 Å². The van der Waals surface area contributed by atoms with Gasteiger partial charge >= 0.3 is 5.97 Å². The van der Waals surface area contributed by atoms with Crippen molar-refractivity contribution < 1.29 is 14.6 Å². The van der Waals surface area contributed by atoms with Crippen molar-refractivity contribution in [1.29, 1.82) is 0 Å². The summed E-state index contributed by atoms with van der Waals surface area (Å²) in [6.45, 7) is 2.20. The number of rotatable bonds is 4. The summed E-state index contributed by atoms with van der Waals surface area (Å²) in [6, 6.07) is 10.4. The predicted octanol–water partition coefficient (Wildman–Crippen LogP) is 3.75. The molecule has 5 heteroatoms. The van der Waals surface area contributed by atoms with Crippen LogP contribution in [-0.2, 0) is 11.3 Å². The Kier molecular flexibility index (Phi) is 4.70. The SMILES string of the molecule is COC(=O)c1ccc(Cl)cc1NCc1cccc(C)c1O. The summed E-state index contributed by atoms with van der Waals surface area (Å²) < 4.78 is 4.74. The quantitative estimate of drug-likeness (QED) is 0.845. The van der Waals surface area contributed by atoms with Gasteiger partial charge in [-0.25, -0.2) is 4.79 Å². The lowest BCUT2D eigenvalue weighted by Crippen LogP contribution is -2.08. The predicted molar refractivity (Wildman–Crippen MR) is 83.0 cm³/mol. The van der Waals surface area contributed by atoms with Gasteiger partial charge in [0, 0.05) is 17.1 Å². The molecule has 0 bridgehead atoms. The van der Waals surface area contributed by atoms with Crippen LogP contribution >= 0.6 is 11.6 Å². The first kappa shape index (κ1) is 15.2. The fourth-order valence-corrected chi connectivity index (χ4v) is 2.18. The molecule has 0 heterocycles. The van der Waals surface area contributed by atoms with Gasteiger partial charge in [-0.1, -0.05) is 29.8 Å². The van der Waals surface area contributed by atoms with E-state index in [-0.39, 0.29) is 5.75 Å². The van der Waals surface area contributed by atoms with Crippen molar-refractivity contribution in [2.24, 2.45) is 0 Å². The fraction of sp³-hybridized carbons (Fsp3) is 0.188. The highest BCUT2D eigenvalue weighted by Crippen LogP contribution is 2.25. The molecule has 110 valence electrons. The number of hydrogen-bond donors (Lipinski definition) is 2. The number of para-hydroxylation sites is 1. The van der Waals surface area contributed by atoms with E-state index in [4.69, 9.17) is 16.3 Å². The maximum Gasteiger partial charge on any atom is 0.339 e. The van der Waals surface area contributed by atoms with Crippen LogP contribution in [0, 0.1) is 6.92 Å². The van der Waals surface area contributed by atoms with Crippen molar-refractivity contribution in [3.05, 3.63) is 58.1 Å². The number of esters is 1. The lowest BCUT2D eigenvalue weighted by Gasteiger charge is -2.13. The van der Waals surface area contributed by atoms with Crippen LogP contribution in [-0.4, -0.2) is 18.2 Å². The van der Waals surface area contributed by atoms with Crippen LogP contribution in [0.2, 0.25) is 5.02 Å². The molecule has 0 aliphatic rings. The van der Waals surface area contributed by atoms with Crippen molar-refractivity contribution >= 4 is 23.3 Å². The zero-order chi connectivity index (χ0) is 15.4. The lowest BCUT2D eigenvalue weighted by molar-refractivity contribution is 0.0602. The molecule has 0 atom stereocenters. The molecule has 0 amide bonds. The second-order valence-corrected chi connectivity index (χ2v) is 5.05. The molecule has 0 fully saturated rings. The lowest BCUT2D eigenvalue weighted by atomic mass is 10.1. The molecule has 21 heavy (non-hydrogen) atoms. The Hall–Kier alpha value is -2.20. The maximum absolute atomic E-state index is 11.7. The van der Waals surface area contributed by atoms with Crippen molar-refractivity contribution in [2.45, 2.75) is 13.5 Å². The maximum atomic E-state index is 11.7. The molecular weight excluding hydrogens is 290 g/mol. The number of hydrogen-bond acceptors (Lipinski definition) is 4. The molecule has 0 saturated heterocycles. The summed E-state index contributed by atoms with van der Waals surface area (Å²) in [5.41, 5.74) is 2.50. The zero-order valence-electron chi connectivity index (χ0n) is 11.8. The van der Waals surface area contributed by atoms with E-state index in [0.717, 1.165) is 11.1 Å². The van der Waals surface area contributed by atoms with Crippen molar-refractivity contribution in [1.82, 2.24) is 0 Å². The van der Waals surface area contributed by atoms with Gasteiger partial charge in [0.2, 0.25) is 0 Å². The molecule has 4 nitrogen and oxygen atoms in total. The highest BCUT2D eigenvalue weighted by Gasteiger charge is 2.13. The number of phenolic OH excluding ortho intramolecular Hbond substituents is 1. The molecule has 2 aromatic carbocycles. The summed E-state index contributed by atoms with van der Waals surface area (Å²) in [5.74, 6) is -0.200. The molecule has 2 N–H and O–H groups in total. The number of carbonyl (C=O) groups excluding carboxylic acids is 1. The Bertz CT molecular complexity index is 671. The summed E-state index contributed by atoms with van der Waals surface area (Å²) >= 11 is 5.96. The topological polar surface area (TPSA) is 58.6 Å². The molecule has 0 spiro atoms. The zero-order valence-corrected chi connectivity index (χ0v) is 12.6. The van der Waals surface area contributed by atoms with Gasteiger partial charge in [-0.15, -0.1) is 0 Å². The van der Waals surface area contributed by atoms with Gasteiger partial charge in [-0.05, 0) is 30.7 Å². The number of ether oxygens (including phenoxy) is 1. The highest BCUT2D eigenvalue weighted by atomic mass is 35.5. The molecule has 0 aromatic heterocycles. The van der Waals surface area contributed by atoms with Crippen molar-refractivity contribution in [2.75, 3.05) is 12.4 Å². The molecule has 0 radical (unpaired) electrons. The Morgan fingerprint density at radius 3 is 2.81 bits per heavy atom. The second-order valence-electron chi connectivity index (χ2n) is 4.62. The third kappa shape index (κ3) is 3.47. The molecule has 0 aliphatic heterocycles. The van der Waals surface area contributed by atoms with Crippen LogP contribution in [0.3, 0.4) is 0 Å². The van der Waals surface area contributed by atoms with Gasteiger partial charge in [0.1, 0.15) is 5.75 Å². The number of carbonyl (C=O) groups is 1. The molecule has 2 aromatic rings. The van der Waals surface area contributed by atoms with Crippen molar-refractivity contribution in [3.8, 4) is 5.75 Å². The van der Waals surface area contributed by atoms with Gasteiger partial charge in [0.25, 0.3) is 0 Å². The van der Waals surface area contributed by atoms with Gasteiger partial charge in [-0.3, -0.25) is 0 Å². The summed E-state index contributed by atoms with van der Waals surface area (Å²) in [6.07, 6.45) is 0. The Labute approximate surface area is 128 Å². The summed E-state index contributed by atoms with van der Waals surface area (Å²) in [4.78, 5) is 11.7. The minimum absolute atomic E-state index is 0.242. The number of methoxy groups -OCH3 is 1. The summed E-state index contributed by atoms with van der Waals surface area (Å²) in [5, 5.41) is 13.6. The number of halogens is 1. The molecular formula is C16H16ClNO3. The molecule has 0 saturated carbocycles. The van der Waals surface area contributed by atoms with Crippen LogP contribution in [0.25, 0.3) is 0 Å². The number of aromatic hydroxyl groups is 1. The van der Waals surface area contributed by atoms with Crippen molar-refractivity contribution in [3.63, 3.8) is 0 Å². The normalized spacial score (nSPS) is 10.2. The minimum Gasteiger partial charge on any atom is -0.507 e. The average molecular weight is 306 g/mol. The minimum atomic E-state index is -0.442. The van der Waals surface area contributed by atoms with Crippen LogP contribution in [0.15, 0.2) is 36.4 Å². The number of phenols is 1. The van der Waals surface area contributed by atoms with Gasteiger partial charge in [0.15, 0.2) is 0 Å². The molecule has 0 aliphatic carbocycles. The van der Waals surface area contributed by atoms with Crippen LogP contribution in [0.5, 0.6) is 5.75 Å². The second kappa shape index (κ2) is 6.50. The number of anilines is 1. The van der Waals surface area contributed by atoms with E-state index in [1.807, 2.05) is 25.1 Å². The number of benzene rings is 2. The van der Waals surface area contributed by atoms with Crippen LogP contribution < -0.4 is 5.32 Å². The van der Waals surface area contributed by atoms with Crippen LogP contribution in [0.1, 0.15) is 21.5 Å². The largest absolute Gasteiger partial charge is 0.507 e. The monoisotopic (exact) mass is 305 g/mol. The first-order chi connectivity index (χ1) is 10.0. The van der Waals surface area contributed by atoms with E-state index in [1.54, 1.807) is 18.2 Å². The van der Waals surface area contributed by atoms with Gasteiger partial charge in [0.05, 0.1) is 18.4 Å². The van der Waals surface area contributed by atoms with E-state index in [2.05, 4.69) is 5.32 Å². The fourth-order valence-electron chi connectivity index (χ4n) is 2.00.